The van der Waals surface area contributed by atoms with Gasteiger partial charge in [-0.2, -0.15) is 0 Å². The van der Waals surface area contributed by atoms with E-state index in [0.29, 0.717) is 30.1 Å². The van der Waals surface area contributed by atoms with Gasteiger partial charge in [-0.05, 0) is 92.8 Å². The molecule has 1 heterocycles. The molecule has 0 bridgehead atoms. The van der Waals surface area contributed by atoms with E-state index in [1.165, 1.54) is 24.8 Å². The molecule has 0 radical (unpaired) electrons. The Bertz CT molecular complexity index is 1200. The van der Waals surface area contributed by atoms with Gasteiger partial charge in [-0.15, -0.1) is 0 Å². The van der Waals surface area contributed by atoms with Crippen LogP contribution in [0, 0.1) is 0 Å². The van der Waals surface area contributed by atoms with Crippen LogP contribution in [0.3, 0.4) is 0 Å². The lowest BCUT2D eigenvalue weighted by molar-refractivity contribution is -0.139. The maximum absolute atomic E-state index is 12.6. The van der Waals surface area contributed by atoms with Crippen molar-refractivity contribution >= 4 is 11.9 Å². The molecule has 40 heavy (non-hydrogen) atoms. The minimum absolute atomic E-state index is 0.325. The summed E-state index contributed by atoms with van der Waals surface area (Å²) in [6.07, 6.45) is 11.5. The number of aryl methyl sites for hydroxylation is 1. The number of unbranched alkanes of at least 4 members (excludes halogenated alkanes) is 6. The molecule has 0 atom stereocenters. The van der Waals surface area contributed by atoms with E-state index in [1.807, 2.05) is 24.4 Å². The minimum atomic E-state index is -0.414. The molecule has 2 aromatic carbocycles. The molecule has 3 aromatic rings. The van der Waals surface area contributed by atoms with Crippen LogP contribution in [-0.2, 0) is 16.0 Å². The maximum Gasteiger partial charge on any atom is 0.343 e. The van der Waals surface area contributed by atoms with Gasteiger partial charge in [0.1, 0.15) is 11.5 Å². The van der Waals surface area contributed by atoms with Gasteiger partial charge in [0, 0.05) is 17.3 Å². The summed E-state index contributed by atoms with van der Waals surface area (Å²) in [5.74, 6) is 0.465. The summed E-state index contributed by atoms with van der Waals surface area (Å²) in [4.78, 5) is 28.5. The molecule has 0 aliphatic heterocycles. The molecule has 0 saturated heterocycles. The van der Waals surface area contributed by atoms with E-state index in [4.69, 9.17) is 14.2 Å². The van der Waals surface area contributed by atoms with Crippen LogP contribution in [0.15, 0.2) is 79.0 Å². The number of rotatable bonds is 17. The van der Waals surface area contributed by atoms with Gasteiger partial charge >= 0.3 is 11.9 Å². The molecular formula is C34H41NO5. The first-order valence-electron chi connectivity index (χ1n) is 14.3. The number of nitrogens with zero attached hydrogens (tertiary/aromatic N) is 1. The Labute approximate surface area is 238 Å². The van der Waals surface area contributed by atoms with Gasteiger partial charge in [-0.3, -0.25) is 4.98 Å². The van der Waals surface area contributed by atoms with Crippen LogP contribution in [0.2, 0.25) is 0 Å². The Hall–Kier alpha value is -3.93. The topological polar surface area (TPSA) is 74.7 Å². The van der Waals surface area contributed by atoms with Gasteiger partial charge in [0.05, 0.1) is 24.5 Å². The van der Waals surface area contributed by atoms with Crippen LogP contribution in [-0.4, -0.2) is 30.1 Å². The van der Waals surface area contributed by atoms with Gasteiger partial charge < -0.3 is 14.2 Å². The second kappa shape index (κ2) is 16.9. The molecule has 0 fully saturated rings. The molecule has 0 amide bonds. The number of esters is 2. The molecule has 1 aromatic heterocycles. The van der Waals surface area contributed by atoms with Crippen LogP contribution < -0.4 is 9.47 Å². The van der Waals surface area contributed by atoms with E-state index in [2.05, 4.69) is 24.6 Å². The van der Waals surface area contributed by atoms with Gasteiger partial charge in [0.25, 0.3) is 0 Å². The molecule has 0 N–H and O–H groups in total. The van der Waals surface area contributed by atoms with Crippen molar-refractivity contribution in [2.75, 3.05) is 13.2 Å². The van der Waals surface area contributed by atoms with E-state index < -0.39 is 5.97 Å². The summed E-state index contributed by atoms with van der Waals surface area (Å²) in [6.45, 7) is 8.47. The van der Waals surface area contributed by atoms with Gasteiger partial charge in [0.15, 0.2) is 0 Å². The molecule has 0 aliphatic rings. The van der Waals surface area contributed by atoms with E-state index in [0.717, 1.165) is 55.5 Å². The van der Waals surface area contributed by atoms with Crippen LogP contribution >= 0.6 is 0 Å². The average molecular weight is 544 g/mol. The first-order chi connectivity index (χ1) is 19.5. The fourth-order valence-electron chi connectivity index (χ4n) is 4.08. The summed E-state index contributed by atoms with van der Waals surface area (Å²) >= 11 is 0. The fourth-order valence-corrected chi connectivity index (χ4v) is 4.08. The lowest BCUT2D eigenvalue weighted by Crippen LogP contribution is -2.08. The molecule has 212 valence electrons. The van der Waals surface area contributed by atoms with Crippen molar-refractivity contribution in [2.24, 2.45) is 0 Å². The highest BCUT2D eigenvalue weighted by Crippen LogP contribution is 2.22. The zero-order chi connectivity index (χ0) is 28.6. The van der Waals surface area contributed by atoms with Crippen LogP contribution in [0.4, 0.5) is 0 Å². The van der Waals surface area contributed by atoms with Crippen LogP contribution in [0.25, 0.3) is 11.3 Å². The average Bonchev–Trinajstić information content (AvgIpc) is 2.97. The Morgan fingerprint density at radius 1 is 0.775 bits per heavy atom. The summed E-state index contributed by atoms with van der Waals surface area (Å²) < 4.78 is 16.4. The smallest absolute Gasteiger partial charge is 0.343 e. The van der Waals surface area contributed by atoms with Crippen molar-refractivity contribution in [2.45, 2.75) is 71.6 Å². The zero-order valence-corrected chi connectivity index (χ0v) is 23.8. The lowest BCUT2D eigenvalue weighted by Gasteiger charge is -2.08. The highest BCUT2D eigenvalue weighted by atomic mass is 16.5. The third kappa shape index (κ3) is 10.7. The normalized spacial score (nSPS) is 10.7. The highest BCUT2D eigenvalue weighted by molar-refractivity contribution is 5.91. The Kier molecular flexibility index (Phi) is 12.9. The number of pyridine rings is 1. The maximum atomic E-state index is 12.6. The van der Waals surface area contributed by atoms with Crippen molar-refractivity contribution in [1.82, 2.24) is 4.98 Å². The Balaban J connectivity index is 1.35. The van der Waals surface area contributed by atoms with Crippen molar-refractivity contribution in [3.05, 3.63) is 90.1 Å². The third-order valence-corrected chi connectivity index (χ3v) is 6.48. The van der Waals surface area contributed by atoms with Crippen LogP contribution in [0.5, 0.6) is 11.5 Å². The number of ether oxygens (including phenoxy) is 3. The predicted molar refractivity (Wildman–Crippen MR) is 159 cm³/mol. The van der Waals surface area contributed by atoms with Crippen molar-refractivity contribution in [1.29, 1.82) is 0 Å². The fraction of sp³-hybridized carbons (Fsp3) is 0.382. The van der Waals surface area contributed by atoms with E-state index in [-0.39, 0.29) is 5.97 Å². The first-order valence-corrected chi connectivity index (χ1v) is 14.3. The molecule has 0 unspecified atom stereocenters. The summed E-state index contributed by atoms with van der Waals surface area (Å²) in [6, 6.07) is 18.6. The standard InChI is InChI=1S/C34H41NO5/c1-4-5-9-12-27-13-22-32(35-25-27)28-14-20-31(21-15-28)40-34(37)29-16-18-30(19-17-29)38-23-10-7-6-8-11-24-39-33(36)26(2)3/h13-22,25H,2,4-12,23-24H2,1,3H3. The third-order valence-electron chi connectivity index (χ3n) is 6.48. The lowest BCUT2D eigenvalue weighted by atomic mass is 10.1. The van der Waals surface area contributed by atoms with E-state index >= 15 is 0 Å². The Morgan fingerprint density at radius 3 is 2.10 bits per heavy atom. The molecule has 0 saturated carbocycles. The van der Waals surface area contributed by atoms with Gasteiger partial charge in [-0.25, -0.2) is 9.59 Å². The monoisotopic (exact) mass is 543 g/mol. The Morgan fingerprint density at radius 2 is 1.45 bits per heavy atom. The molecule has 6 nitrogen and oxygen atoms in total. The van der Waals surface area contributed by atoms with Crippen molar-refractivity contribution < 1.29 is 23.8 Å². The summed E-state index contributed by atoms with van der Waals surface area (Å²) in [5, 5.41) is 0. The zero-order valence-electron chi connectivity index (χ0n) is 23.8. The van der Waals surface area contributed by atoms with E-state index in [1.54, 1.807) is 43.3 Å². The molecule has 3 rings (SSSR count). The number of carbonyl (C=O) groups is 2. The number of hydrogen-bond acceptors (Lipinski definition) is 6. The van der Waals surface area contributed by atoms with Gasteiger partial charge in [-0.1, -0.05) is 51.7 Å². The van der Waals surface area contributed by atoms with E-state index in [9.17, 15) is 9.59 Å². The largest absolute Gasteiger partial charge is 0.494 e. The summed E-state index contributed by atoms with van der Waals surface area (Å²) in [5.41, 5.74) is 4.02. The molecule has 0 spiro atoms. The molecule has 6 heteroatoms. The highest BCUT2D eigenvalue weighted by Gasteiger charge is 2.10. The van der Waals surface area contributed by atoms with Gasteiger partial charge in [0.2, 0.25) is 0 Å². The summed E-state index contributed by atoms with van der Waals surface area (Å²) in [7, 11) is 0. The second-order valence-electron chi connectivity index (χ2n) is 9.98. The molecular weight excluding hydrogens is 502 g/mol. The van der Waals surface area contributed by atoms with Crippen molar-refractivity contribution in [3.8, 4) is 22.8 Å². The first kappa shape index (κ1) is 30.6. The van der Waals surface area contributed by atoms with Crippen LogP contribution in [0.1, 0.15) is 81.1 Å². The second-order valence-corrected chi connectivity index (χ2v) is 9.98. The van der Waals surface area contributed by atoms with Crippen molar-refractivity contribution in [3.63, 3.8) is 0 Å². The number of aromatic nitrogens is 1. The predicted octanol–water partition coefficient (Wildman–Crippen LogP) is 8.15. The SMILES string of the molecule is C=C(C)C(=O)OCCCCCCCOc1ccc(C(=O)Oc2ccc(-c3ccc(CCCCC)cn3)cc2)cc1. The quantitative estimate of drug-likeness (QED) is 0.0740. The number of benzene rings is 2. The number of carbonyl (C=O) groups excluding carboxylic acids is 2. The molecule has 0 aliphatic carbocycles. The number of hydrogen-bond donors (Lipinski definition) is 0. The minimum Gasteiger partial charge on any atom is -0.494 e.